The highest BCUT2D eigenvalue weighted by Gasteiger charge is 2.09. The Labute approximate surface area is 97.7 Å². The maximum atomic E-state index is 5.88. The molecule has 2 heterocycles. The van der Waals surface area contributed by atoms with E-state index in [0.717, 1.165) is 16.6 Å². The third kappa shape index (κ3) is 1.40. The molecule has 2 aromatic heterocycles. The standard InChI is InChI=1S/C12H11N5/c13-9-7-16-17(12(9)14)11-5-6-15-10-4-2-1-3-8(10)11/h1-7H,13-14H2. The van der Waals surface area contributed by atoms with Crippen molar-refractivity contribution in [2.45, 2.75) is 0 Å². The van der Waals surface area contributed by atoms with E-state index >= 15 is 0 Å². The number of pyridine rings is 1. The second-order valence-electron chi connectivity index (χ2n) is 3.74. The number of nitrogens with zero attached hydrogens (tertiary/aromatic N) is 3. The molecule has 1 aromatic carbocycles. The monoisotopic (exact) mass is 225 g/mol. The molecule has 17 heavy (non-hydrogen) atoms. The number of rotatable bonds is 1. The number of para-hydroxylation sites is 1. The van der Waals surface area contributed by atoms with Crippen molar-refractivity contribution < 1.29 is 0 Å². The molecule has 0 amide bonds. The number of nitrogen functional groups attached to an aromatic ring is 2. The average Bonchev–Trinajstić information content (AvgIpc) is 2.69. The Hall–Kier alpha value is -2.56. The van der Waals surface area contributed by atoms with E-state index in [1.165, 1.54) is 0 Å². The molecule has 0 saturated heterocycles. The third-order valence-electron chi connectivity index (χ3n) is 2.69. The van der Waals surface area contributed by atoms with Crippen LogP contribution in [0.15, 0.2) is 42.7 Å². The number of aromatic nitrogens is 3. The van der Waals surface area contributed by atoms with Crippen LogP contribution < -0.4 is 11.5 Å². The van der Waals surface area contributed by atoms with Gasteiger partial charge in [0.25, 0.3) is 0 Å². The van der Waals surface area contributed by atoms with Crippen molar-refractivity contribution in [3.05, 3.63) is 42.7 Å². The van der Waals surface area contributed by atoms with E-state index < -0.39 is 0 Å². The van der Waals surface area contributed by atoms with Gasteiger partial charge in [0.05, 0.1) is 23.1 Å². The van der Waals surface area contributed by atoms with Crippen LogP contribution in [0.4, 0.5) is 11.5 Å². The van der Waals surface area contributed by atoms with Gasteiger partial charge in [0, 0.05) is 11.6 Å². The first kappa shape index (κ1) is 9.65. The molecule has 0 fully saturated rings. The van der Waals surface area contributed by atoms with Crippen molar-refractivity contribution in [2.24, 2.45) is 0 Å². The molecular weight excluding hydrogens is 214 g/mol. The van der Waals surface area contributed by atoms with E-state index in [1.807, 2.05) is 30.3 Å². The van der Waals surface area contributed by atoms with Crippen molar-refractivity contribution in [3.63, 3.8) is 0 Å². The maximum absolute atomic E-state index is 5.88. The van der Waals surface area contributed by atoms with Gasteiger partial charge < -0.3 is 11.5 Å². The molecule has 5 heteroatoms. The van der Waals surface area contributed by atoms with E-state index in [9.17, 15) is 0 Å². The Kier molecular flexibility index (Phi) is 1.98. The predicted octanol–water partition coefficient (Wildman–Crippen LogP) is 1.58. The fraction of sp³-hybridized carbons (Fsp3) is 0. The van der Waals surface area contributed by atoms with Gasteiger partial charge in [-0.05, 0) is 12.1 Å². The minimum atomic E-state index is 0.446. The van der Waals surface area contributed by atoms with Gasteiger partial charge in [-0.3, -0.25) is 4.98 Å². The third-order valence-corrected chi connectivity index (χ3v) is 2.69. The van der Waals surface area contributed by atoms with Crippen LogP contribution in [0.3, 0.4) is 0 Å². The fourth-order valence-corrected chi connectivity index (χ4v) is 1.83. The smallest absolute Gasteiger partial charge is 0.150 e. The quantitative estimate of drug-likeness (QED) is 0.658. The van der Waals surface area contributed by atoms with Crippen molar-refractivity contribution in [2.75, 3.05) is 11.5 Å². The summed E-state index contributed by atoms with van der Waals surface area (Å²) < 4.78 is 1.62. The summed E-state index contributed by atoms with van der Waals surface area (Å²) in [7, 11) is 0. The Balaban J connectivity index is 2.34. The second-order valence-corrected chi connectivity index (χ2v) is 3.74. The van der Waals surface area contributed by atoms with E-state index in [1.54, 1.807) is 17.1 Å². The van der Waals surface area contributed by atoms with Gasteiger partial charge in [0.1, 0.15) is 0 Å². The summed E-state index contributed by atoms with van der Waals surface area (Å²) in [5.41, 5.74) is 13.8. The lowest BCUT2D eigenvalue weighted by molar-refractivity contribution is 0.897. The highest BCUT2D eigenvalue weighted by Crippen LogP contribution is 2.24. The first-order valence-corrected chi connectivity index (χ1v) is 5.20. The average molecular weight is 225 g/mol. The van der Waals surface area contributed by atoms with Crippen LogP contribution in [0, 0.1) is 0 Å². The summed E-state index contributed by atoms with van der Waals surface area (Å²) in [5.74, 6) is 0.446. The van der Waals surface area contributed by atoms with E-state index in [0.29, 0.717) is 11.5 Å². The highest BCUT2D eigenvalue weighted by molar-refractivity contribution is 5.87. The minimum absolute atomic E-state index is 0.446. The van der Waals surface area contributed by atoms with E-state index in [2.05, 4.69) is 10.1 Å². The number of nitrogens with two attached hydrogens (primary N) is 2. The van der Waals surface area contributed by atoms with Crippen LogP contribution >= 0.6 is 0 Å². The van der Waals surface area contributed by atoms with Crippen molar-refractivity contribution in [1.29, 1.82) is 0 Å². The van der Waals surface area contributed by atoms with Crippen LogP contribution in [0.25, 0.3) is 16.6 Å². The summed E-state index contributed by atoms with van der Waals surface area (Å²) in [5, 5.41) is 5.17. The lowest BCUT2D eigenvalue weighted by Gasteiger charge is -2.07. The summed E-state index contributed by atoms with van der Waals surface area (Å²) in [6.45, 7) is 0. The van der Waals surface area contributed by atoms with Gasteiger partial charge in [-0.15, -0.1) is 0 Å². The molecular formula is C12H11N5. The van der Waals surface area contributed by atoms with Crippen molar-refractivity contribution in [1.82, 2.24) is 14.8 Å². The number of anilines is 2. The van der Waals surface area contributed by atoms with Crippen molar-refractivity contribution in [3.8, 4) is 5.69 Å². The molecule has 0 aliphatic carbocycles. The number of hydrogen-bond acceptors (Lipinski definition) is 4. The summed E-state index contributed by atoms with van der Waals surface area (Å²) >= 11 is 0. The molecule has 84 valence electrons. The molecule has 5 nitrogen and oxygen atoms in total. The first-order chi connectivity index (χ1) is 8.27. The number of hydrogen-bond donors (Lipinski definition) is 2. The van der Waals surface area contributed by atoms with Crippen LogP contribution in [0.5, 0.6) is 0 Å². The Morgan fingerprint density at radius 2 is 1.88 bits per heavy atom. The Morgan fingerprint density at radius 1 is 1.06 bits per heavy atom. The molecule has 0 bridgehead atoms. The largest absolute Gasteiger partial charge is 0.394 e. The van der Waals surface area contributed by atoms with Gasteiger partial charge in [-0.25, -0.2) is 4.68 Å². The zero-order chi connectivity index (χ0) is 11.8. The van der Waals surface area contributed by atoms with Crippen molar-refractivity contribution >= 4 is 22.4 Å². The summed E-state index contributed by atoms with van der Waals surface area (Å²) in [6, 6.07) is 9.69. The molecule has 0 aliphatic heterocycles. The van der Waals surface area contributed by atoms with Gasteiger partial charge in [-0.2, -0.15) is 5.10 Å². The summed E-state index contributed by atoms with van der Waals surface area (Å²) in [6.07, 6.45) is 3.28. The van der Waals surface area contributed by atoms with Gasteiger partial charge in [0.15, 0.2) is 5.82 Å². The van der Waals surface area contributed by atoms with Gasteiger partial charge >= 0.3 is 0 Å². The van der Waals surface area contributed by atoms with Crippen LogP contribution in [0.1, 0.15) is 0 Å². The second kappa shape index (κ2) is 3.48. The molecule has 4 N–H and O–H groups in total. The highest BCUT2D eigenvalue weighted by atomic mass is 15.3. The van der Waals surface area contributed by atoms with E-state index in [-0.39, 0.29) is 0 Å². The lowest BCUT2D eigenvalue weighted by Crippen LogP contribution is -2.04. The normalized spacial score (nSPS) is 10.8. The Morgan fingerprint density at radius 3 is 2.65 bits per heavy atom. The molecule has 0 unspecified atom stereocenters. The maximum Gasteiger partial charge on any atom is 0.150 e. The zero-order valence-electron chi connectivity index (χ0n) is 9.04. The molecule has 0 saturated carbocycles. The molecule has 0 radical (unpaired) electrons. The minimum Gasteiger partial charge on any atom is -0.394 e. The fourth-order valence-electron chi connectivity index (χ4n) is 1.83. The number of benzene rings is 1. The van der Waals surface area contributed by atoms with Crippen LogP contribution in [-0.2, 0) is 0 Å². The zero-order valence-corrected chi connectivity index (χ0v) is 9.04. The predicted molar refractivity (Wildman–Crippen MR) is 67.7 cm³/mol. The van der Waals surface area contributed by atoms with Gasteiger partial charge in [0.2, 0.25) is 0 Å². The molecule has 3 rings (SSSR count). The van der Waals surface area contributed by atoms with E-state index in [4.69, 9.17) is 11.5 Å². The van der Waals surface area contributed by atoms with Crippen LogP contribution in [-0.4, -0.2) is 14.8 Å². The topological polar surface area (TPSA) is 82.8 Å². The SMILES string of the molecule is Nc1cnn(-c2ccnc3ccccc23)c1N. The lowest BCUT2D eigenvalue weighted by atomic mass is 10.2. The Bertz CT molecular complexity index is 681. The molecule has 0 atom stereocenters. The molecule has 0 spiro atoms. The first-order valence-electron chi connectivity index (χ1n) is 5.20. The molecule has 0 aliphatic rings. The van der Waals surface area contributed by atoms with Crippen LogP contribution in [0.2, 0.25) is 0 Å². The van der Waals surface area contributed by atoms with Gasteiger partial charge in [-0.1, -0.05) is 18.2 Å². The molecule has 3 aromatic rings. The number of fused-ring (bicyclic) bond motifs is 1. The summed E-state index contributed by atoms with van der Waals surface area (Å²) in [4.78, 5) is 4.29.